The highest BCUT2D eigenvalue weighted by atomic mass is 19.3. The van der Waals surface area contributed by atoms with Crippen LogP contribution in [0.15, 0.2) is 59.7 Å². The number of carbonyl (C=O) groups excluding carboxylic acids is 1. The highest BCUT2D eigenvalue weighted by Crippen LogP contribution is 2.15. The van der Waals surface area contributed by atoms with Gasteiger partial charge in [-0.2, -0.15) is 8.78 Å². The first-order chi connectivity index (χ1) is 12.0. The first-order valence-corrected chi connectivity index (χ1v) is 7.33. The van der Waals surface area contributed by atoms with E-state index in [4.69, 9.17) is 0 Å². The molecule has 0 aliphatic heterocycles. The van der Waals surface area contributed by atoms with Gasteiger partial charge in [0.05, 0.1) is 17.3 Å². The second-order valence-electron chi connectivity index (χ2n) is 5.17. The largest absolute Gasteiger partial charge is 0.435 e. The Hall–Kier alpha value is -3.29. The van der Waals surface area contributed by atoms with Crippen molar-refractivity contribution in [2.24, 2.45) is 0 Å². The first-order valence-electron chi connectivity index (χ1n) is 7.33. The molecule has 25 heavy (non-hydrogen) atoms. The van der Waals surface area contributed by atoms with Gasteiger partial charge in [0.1, 0.15) is 12.1 Å². The molecular weight excluding hydrogens is 332 g/mol. The summed E-state index contributed by atoms with van der Waals surface area (Å²) in [5.74, 6) is -0.434. The molecule has 128 valence electrons. The molecule has 0 unspecified atom stereocenters. The zero-order chi connectivity index (χ0) is 17.8. The van der Waals surface area contributed by atoms with Crippen molar-refractivity contribution in [1.29, 1.82) is 0 Å². The first kappa shape index (κ1) is 16.6. The van der Waals surface area contributed by atoms with Crippen LogP contribution in [0.2, 0.25) is 0 Å². The van der Waals surface area contributed by atoms with E-state index in [1.54, 1.807) is 24.3 Å². The van der Waals surface area contributed by atoms with Crippen LogP contribution in [-0.2, 0) is 11.2 Å². The maximum Gasteiger partial charge on any atom is 0.387 e. The van der Waals surface area contributed by atoms with Crippen LogP contribution in [0.5, 0.6) is 5.75 Å². The van der Waals surface area contributed by atoms with E-state index in [0.29, 0.717) is 16.5 Å². The lowest BCUT2D eigenvalue weighted by Crippen LogP contribution is -2.34. The van der Waals surface area contributed by atoms with Gasteiger partial charge in [0.25, 0.3) is 5.56 Å². The van der Waals surface area contributed by atoms with E-state index in [-0.39, 0.29) is 17.7 Å². The lowest BCUT2D eigenvalue weighted by atomic mass is 10.1. The predicted molar refractivity (Wildman–Crippen MR) is 87.1 cm³/mol. The minimum absolute atomic E-state index is 0.00843. The average molecular weight is 345 g/mol. The smallest absolute Gasteiger partial charge is 0.387 e. The zero-order valence-corrected chi connectivity index (χ0v) is 12.9. The Labute approximate surface area is 140 Å². The Bertz CT molecular complexity index is 955. The molecule has 1 aromatic heterocycles. The second kappa shape index (κ2) is 7.08. The Kier molecular flexibility index (Phi) is 4.69. The number of hydrogen-bond donors (Lipinski definition) is 1. The summed E-state index contributed by atoms with van der Waals surface area (Å²) < 4.78 is 29.4. The van der Waals surface area contributed by atoms with Crippen LogP contribution in [-0.4, -0.2) is 22.2 Å². The number of nitrogens with one attached hydrogen (secondary N) is 1. The van der Waals surface area contributed by atoms with Crippen molar-refractivity contribution in [3.05, 3.63) is 70.8 Å². The Balaban J connectivity index is 1.70. The van der Waals surface area contributed by atoms with Crippen LogP contribution in [0.3, 0.4) is 0 Å². The monoisotopic (exact) mass is 345 g/mol. The lowest BCUT2D eigenvalue weighted by molar-refractivity contribution is -0.116. The fraction of sp³-hybridized carbons (Fsp3) is 0.118. The summed E-state index contributed by atoms with van der Waals surface area (Å²) in [6.45, 7) is -2.90. The molecule has 0 atom stereocenters. The van der Waals surface area contributed by atoms with Gasteiger partial charge in [-0.25, -0.2) is 9.66 Å². The molecule has 1 heterocycles. The van der Waals surface area contributed by atoms with Crippen LogP contribution in [0.1, 0.15) is 5.56 Å². The topological polar surface area (TPSA) is 73.2 Å². The number of para-hydroxylation sites is 1. The minimum atomic E-state index is -2.90. The third-order valence-electron chi connectivity index (χ3n) is 3.42. The minimum Gasteiger partial charge on any atom is -0.435 e. The van der Waals surface area contributed by atoms with E-state index in [2.05, 4.69) is 15.1 Å². The summed E-state index contributed by atoms with van der Waals surface area (Å²) >= 11 is 0. The number of rotatable bonds is 5. The number of benzene rings is 2. The number of aromatic nitrogens is 2. The molecule has 0 aliphatic rings. The van der Waals surface area contributed by atoms with Crippen LogP contribution in [0.25, 0.3) is 10.9 Å². The van der Waals surface area contributed by atoms with E-state index < -0.39 is 12.5 Å². The Morgan fingerprint density at radius 3 is 2.60 bits per heavy atom. The fourth-order valence-corrected chi connectivity index (χ4v) is 2.30. The van der Waals surface area contributed by atoms with Gasteiger partial charge in [-0.1, -0.05) is 24.3 Å². The van der Waals surface area contributed by atoms with Gasteiger partial charge in [-0.05, 0) is 29.8 Å². The number of ether oxygens (including phenoxy) is 1. The number of nitrogens with zero attached hydrogens (tertiary/aromatic N) is 2. The third kappa shape index (κ3) is 3.97. The standard InChI is InChI=1S/C17H13F2N3O3/c18-17(19)25-12-7-5-11(6-8-12)9-15(23)21-22-10-20-14-4-2-1-3-13(14)16(22)24/h1-8,10,17H,9H2,(H,21,23). The third-order valence-corrected chi connectivity index (χ3v) is 3.42. The van der Waals surface area contributed by atoms with Gasteiger partial charge in [-0.3, -0.25) is 15.0 Å². The summed E-state index contributed by atoms with van der Waals surface area (Å²) in [7, 11) is 0. The molecule has 2 aromatic carbocycles. The highest BCUT2D eigenvalue weighted by molar-refractivity contribution is 5.86. The maximum absolute atomic E-state index is 12.3. The van der Waals surface area contributed by atoms with Crippen LogP contribution in [0.4, 0.5) is 8.78 Å². The molecule has 1 amide bonds. The van der Waals surface area contributed by atoms with Gasteiger partial charge in [0.2, 0.25) is 5.91 Å². The Morgan fingerprint density at radius 1 is 1.16 bits per heavy atom. The number of alkyl halides is 2. The fourth-order valence-electron chi connectivity index (χ4n) is 2.30. The van der Waals surface area contributed by atoms with E-state index in [1.807, 2.05) is 0 Å². The maximum atomic E-state index is 12.3. The summed E-state index contributed by atoms with van der Waals surface area (Å²) in [6, 6.07) is 12.5. The van der Waals surface area contributed by atoms with Crippen molar-refractivity contribution < 1.29 is 18.3 Å². The molecule has 0 spiro atoms. The van der Waals surface area contributed by atoms with Crippen molar-refractivity contribution in [1.82, 2.24) is 9.66 Å². The molecule has 0 aliphatic carbocycles. The number of hydrogen-bond acceptors (Lipinski definition) is 4. The molecule has 0 fully saturated rings. The van der Waals surface area contributed by atoms with Crippen LogP contribution in [0, 0.1) is 0 Å². The van der Waals surface area contributed by atoms with Gasteiger partial charge in [0, 0.05) is 0 Å². The van der Waals surface area contributed by atoms with Crippen molar-refractivity contribution >= 4 is 16.8 Å². The van der Waals surface area contributed by atoms with Crippen LogP contribution >= 0.6 is 0 Å². The van der Waals surface area contributed by atoms with E-state index in [9.17, 15) is 18.4 Å². The number of carbonyl (C=O) groups is 1. The average Bonchev–Trinajstić information content (AvgIpc) is 2.59. The molecule has 3 rings (SSSR count). The second-order valence-corrected chi connectivity index (χ2v) is 5.17. The lowest BCUT2D eigenvalue weighted by Gasteiger charge is -2.09. The number of fused-ring (bicyclic) bond motifs is 1. The zero-order valence-electron chi connectivity index (χ0n) is 12.9. The molecule has 0 bridgehead atoms. The molecule has 1 N–H and O–H groups in total. The van der Waals surface area contributed by atoms with Gasteiger partial charge >= 0.3 is 6.61 Å². The molecule has 0 radical (unpaired) electrons. The molecule has 0 saturated heterocycles. The van der Waals surface area contributed by atoms with Gasteiger partial charge in [-0.15, -0.1) is 0 Å². The summed E-state index contributed by atoms with van der Waals surface area (Å²) in [5, 5.41) is 0.388. The van der Waals surface area contributed by atoms with Crippen LogP contribution < -0.4 is 15.7 Å². The molecule has 0 saturated carbocycles. The predicted octanol–water partition coefficient (Wildman–Crippen LogP) is 2.31. The van der Waals surface area contributed by atoms with Crippen molar-refractivity contribution in [2.45, 2.75) is 13.0 Å². The highest BCUT2D eigenvalue weighted by Gasteiger charge is 2.09. The van der Waals surface area contributed by atoms with Gasteiger partial charge < -0.3 is 4.74 Å². The quantitative estimate of drug-likeness (QED) is 0.770. The van der Waals surface area contributed by atoms with E-state index in [1.165, 1.54) is 30.6 Å². The summed E-state index contributed by atoms with van der Waals surface area (Å²) in [4.78, 5) is 28.5. The van der Waals surface area contributed by atoms with Crippen molar-refractivity contribution in [3.8, 4) is 5.75 Å². The normalized spacial score (nSPS) is 10.8. The SMILES string of the molecule is O=C(Cc1ccc(OC(F)F)cc1)Nn1cnc2ccccc2c1=O. The van der Waals surface area contributed by atoms with E-state index in [0.717, 1.165) is 4.68 Å². The number of halogens is 2. The molecule has 3 aromatic rings. The van der Waals surface area contributed by atoms with Gasteiger partial charge in [0.15, 0.2) is 0 Å². The Morgan fingerprint density at radius 2 is 1.88 bits per heavy atom. The summed E-state index contributed by atoms with van der Waals surface area (Å²) in [6.07, 6.45) is 1.20. The molecular formula is C17H13F2N3O3. The van der Waals surface area contributed by atoms with Crippen molar-refractivity contribution in [3.63, 3.8) is 0 Å². The molecule has 6 nitrogen and oxygen atoms in total. The number of amides is 1. The summed E-state index contributed by atoms with van der Waals surface area (Å²) in [5.41, 5.74) is 3.18. The van der Waals surface area contributed by atoms with E-state index >= 15 is 0 Å². The van der Waals surface area contributed by atoms with Crippen molar-refractivity contribution in [2.75, 3.05) is 5.43 Å². The molecule has 8 heteroatoms.